The first-order chi connectivity index (χ1) is 10.6. The Morgan fingerprint density at radius 3 is 3.00 bits per heavy atom. The van der Waals surface area contributed by atoms with Crippen LogP contribution in [-0.2, 0) is 14.3 Å². The molecule has 22 heavy (non-hydrogen) atoms. The fraction of sp³-hybridized carbons (Fsp3) is 0.357. The number of hydrogen-bond acceptors (Lipinski definition) is 5. The summed E-state index contributed by atoms with van der Waals surface area (Å²) in [7, 11) is 1.59. The minimum Gasteiger partial charge on any atom is -0.383 e. The zero-order chi connectivity index (χ0) is 15.9. The third-order valence-electron chi connectivity index (χ3n) is 2.85. The molecule has 0 saturated carbocycles. The fourth-order valence-corrected chi connectivity index (χ4v) is 3.16. The van der Waals surface area contributed by atoms with Crippen LogP contribution in [0.4, 0.5) is 5.69 Å². The number of aliphatic imine (C=N–C) groups is 1. The minimum absolute atomic E-state index is 0.0983. The van der Waals surface area contributed by atoms with E-state index < -0.39 is 5.25 Å². The van der Waals surface area contributed by atoms with Crippen LogP contribution in [0.25, 0.3) is 0 Å². The van der Waals surface area contributed by atoms with E-state index >= 15 is 0 Å². The summed E-state index contributed by atoms with van der Waals surface area (Å²) >= 11 is 4.64. The Morgan fingerprint density at radius 1 is 1.50 bits per heavy atom. The molecule has 1 fully saturated rings. The third kappa shape index (κ3) is 4.82. The maximum absolute atomic E-state index is 12.0. The number of rotatable bonds is 6. The van der Waals surface area contributed by atoms with E-state index in [0.29, 0.717) is 24.0 Å². The summed E-state index contributed by atoms with van der Waals surface area (Å²) in [5.74, 6) is -0.402. The van der Waals surface area contributed by atoms with Crippen molar-refractivity contribution in [2.45, 2.75) is 11.7 Å². The van der Waals surface area contributed by atoms with Gasteiger partial charge in [0.15, 0.2) is 5.17 Å². The molecular formula is C14H16BrN3O3S. The van der Waals surface area contributed by atoms with E-state index in [0.717, 1.165) is 4.47 Å². The highest BCUT2D eigenvalue weighted by atomic mass is 79.9. The van der Waals surface area contributed by atoms with Crippen molar-refractivity contribution in [3.8, 4) is 0 Å². The molecule has 0 bridgehead atoms. The quantitative estimate of drug-likeness (QED) is 0.734. The van der Waals surface area contributed by atoms with E-state index in [1.54, 1.807) is 13.2 Å². The molecule has 0 radical (unpaired) electrons. The van der Waals surface area contributed by atoms with E-state index in [2.05, 4.69) is 31.6 Å². The van der Waals surface area contributed by atoms with Crippen molar-refractivity contribution < 1.29 is 14.3 Å². The van der Waals surface area contributed by atoms with E-state index in [1.165, 1.54) is 11.8 Å². The molecule has 1 aromatic carbocycles. The number of carbonyl (C=O) groups is 2. The second-order valence-electron chi connectivity index (χ2n) is 4.51. The Hall–Kier alpha value is -1.38. The van der Waals surface area contributed by atoms with Crippen LogP contribution in [0.1, 0.15) is 6.42 Å². The highest BCUT2D eigenvalue weighted by Gasteiger charge is 2.31. The highest BCUT2D eigenvalue weighted by molar-refractivity contribution is 9.10. The van der Waals surface area contributed by atoms with Gasteiger partial charge in [0.2, 0.25) is 11.8 Å². The maximum Gasteiger partial charge on any atom is 0.240 e. The largest absolute Gasteiger partial charge is 0.383 e. The number of para-hydroxylation sites is 1. The topological polar surface area (TPSA) is 79.8 Å². The lowest BCUT2D eigenvalue weighted by Crippen LogP contribution is -2.28. The van der Waals surface area contributed by atoms with Gasteiger partial charge in [-0.1, -0.05) is 23.9 Å². The van der Waals surface area contributed by atoms with E-state index in [4.69, 9.17) is 4.74 Å². The molecule has 1 heterocycles. The number of hydrogen-bond donors (Lipinski definition) is 2. The predicted octanol–water partition coefficient (Wildman–Crippen LogP) is 2.01. The van der Waals surface area contributed by atoms with Crippen molar-refractivity contribution in [1.82, 2.24) is 5.32 Å². The van der Waals surface area contributed by atoms with Crippen molar-refractivity contribution in [2.75, 3.05) is 25.6 Å². The zero-order valence-corrected chi connectivity index (χ0v) is 14.4. The van der Waals surface area contributed by atoms with Gasteiger partial charge in [0, 0.05) is 18.0 Å². The van der Waals surface area contributed by atoms with Crippen LogP contribution in [0.3, 0.4) is 0 Å². The summed E-state index contributed by atoms with van der Waals surface area (Å²) in [5.41, 5.74) is 0.685. The number of carbonyl (C=O) groups excluding carboxylic acids is 2. The Balaban J connectivity index is 1.88. The number of methoxy groups -OCH3 is 1. The van der Waals surface area contributed by atoms with Gasteiger partial charge < -0.3 is 15.4 Å². The number of thioether (sulfide) groups is 1. The van der Waals surface area contributed by atoms with Crippen LogP contribution >= 0.6 is 27.7 Å². The normalized spacial score (nSPS) is 19.3. The standard InChI is InChI=1S/C14H16BrN3O3S/c1-21-7-6-16-14-18-13(20)11(22-14)8-12(19)17-10-5-3-2-4-9(10)15/h2-5,11H,6-8H2,1H3,(H,17,19)(H,16,18,20)/t11-/m1/s1. The molecule has 0 aromatic heterocycles. The van der Waals surface area contributed by atoms with Gasteiger partial charge in [0.1, 0.15) is 5.25 Å². The molecule has 0 spiro atoms. The average molecular weight is 386 g/mol. The Morgan fingerprint density at radius 2 is 2.27 bits per heavy atom. The summed E-state index contributed by atoms with van der Waals surface area (Å²) in [6, 6.07) is 7.33. The lowest BCUT2D eigenvalue weighted by molar-refractivity contribution is -0.122. The van der Waals surface area contributed by atoms with Crippen LogP contribution in [0.15, 0.2) is 33.7 Å². The molecule has 6 nitrogen and oxygen atoms in total. The van der Waals surface area contributed by atoms with Gasteiger partial charge in [-0.15, -0.1) is 0 Å². The second-order valence-corrected chi connectivity index (χ2v) is 6.55. The zero-order valence-electron chi connectivity index (χ0n) is 12.0. The molecule has 1 aliphatic heterocycles. The summed E-state index contributed by atoms with van der Waals surface area (Å²) in [6.07, 6.45) is 0.0983. The molecule has 1 aromatic rings. The fourth-order valence-electron chi connectivity index (χ4n) is 1.79. The van der Waals surface area contributed by atoms with Crippen LogP contribution < -0.4 is 10.6 Å². The first-order valence-corrected chi connectivity index (χ1v) is 8.32. The molecule has 1 aliphatic rings. The summed E-state index contributed by atoms with van der Waals surface area (Å²) in [6.45, 7) is 0.974. The molecule has 2 amide bonds. The lowest BCUT2D eigenvalue weighted by Gasteiger charge is -2.08. The molecule has 2 N–H and O–H groups in total. The van der Waals surface area contributed by atoms with Crippen molar-refractivity contribution >= 4 is 50.4 Å². The first kappa shape index (κ1) is 17.0. The number of benzene rings is 1. The Kier molecular flexibility index (Phi) is 6.41. The van der Waals surface area contributed by atoms with Crippen molar-refractivity contribution in [3.63, 3.8) is 0 Å². The Bertz CT molecular complexity index is 594. The third-order valence-corrected chi connectivity index (χ3v) is 4.66. The number of nitrogens with zero attached hydrogens (tertiary/aromatic N) is 1. The maximum atomic E-state index is 12.0. The van der Waals surface area contributed by atoms with Crippen molar-refractivity contribution in [1.29, 1.82) is 0 Å². The van der Waals surface area contributed by atoms with E-state index in [1.807, 2.05) is 18.2 Å². The van der Waals surface area contributed by atoms with Crippen LogP contribution in [0.5, 0.6) is 0 Å². The molecule has 118 valence electrons. The monoisotopic (exact) mass is 385 g/mol. The second kappa shape index (κ2) is 8.30. The number of amides is 2. The molecular weight excluding hydrogens is 370 g/mol. The number of amidine groups is 1. The average Bonchev–Trinajstić information content (AvgIpc) is 2.82. The highest BCUT2D eigenvalue weighted by Crippen LogP contribution is 2.25. The SMILES string of the molecule is COCCN=C1NC(=O)[C@@H](CC(=O)Nc2ccccc2Br)S1. The minimum atomic E-state index is -0.455. The van der Waals surface area contributed by atoms with Gasteiger partial charge in [0.05, 0.1) is 18.8 Å². The van der Waals surface area contributed by atoms with Gasteiger partial charge in [-0.05, 0) is 28.1 Å². The van der Waals surface area contributed by atoms with Gasteiger partial charge in [-0.3, -0.25) is 14.6 Å². The van der Waals surface area contributed by atoms with E-state index in [9.17, 15) is 9.59 Å². The molecule has 1 atom stereocenters. The molecule has 0 aliphatic carbocycles. The summed E-state index contributed by atoms with van der Waals surface area (Å²) < 4.78 is 5.70. The predicted molar refractivity (Wildman–Crippen MR) is 91.1 cm³/mol. The number of halogens is 1. The lowest BCUT2D eigenvalue weighted by atomic mass is 10.2. The summed E-state index contributed by atoms with van der Waals surface area (Å²) in [4.78, 5) is 28.1. The van der Waals surface area contributed by atoms with Gasteiger partial charge in [-0.2, -0.15) is 0 Å². The van der Waals surface area contributed by atoms with Crippen LogP contribution in [-0.4, -0.2) is 42.5 Å². The smallest absolute Gasteiger partial charge is 0.240 e. The number of ether oxygens (including phenoxy) is 1. The van der Waals surface area contributed by atoms with Gasteiger partial charge >= 0.3 is 0 Å². The van der Waals surface area contributed by atoms with Crippen LogP contribution in [0, 0.1) is 0 Å². The number of nitrogens with one attached hydrogen (secondary N) is 2. The Labute approximate surface area is 141 Å². The van der Waals surface area contributed by atoms with Crippen molar-refractivity contribution in [2.24, 2.45) is 4.99 Å². The number of anilines is 1. The summed E-state index contributed by atoms with van der Waals surface area (Å²) in [5, 5.41) is 5.55. The van der Waals surface area contributed by atoms with Gasteiger partial charge in [0.25, 0.3) is 0 Å². The first-order valence-electron chi connectivity index (χ1n) is 6.65. The van der Waals surface area contributed by atoms with E-state index in [-0.39, 0.29) is 18.2 Å². The van der Waals surface area contributed by atoms with Gasteiger partial charge in [-0.25, -0.2) is 0 Å². The van der Waals surface area contributed by atoms with Crippen molar-refractivity contribution in [3.05, 3.63) is 28.7 Å². The molecule has 0 unspecified atom stereocenters. The molecule has 8 heteroatoms. The molecule has 2 rings (SSSR count). The molecule has 1 saturated heterocycles. The van der Waals surface area contributed by atoms with Crippen LogP contribution in [0.2, 0.25) is 0 Å².